The van der Waals surface area contributed by atoms with Crippen molar-refractivity contribution in [2.45, 2.75) is 58.2 Å². The Hall–Kier alpha value is -0.473. The molecule has 2 aliphatic rings. The van der Waals surface area contributed by atoms with Gasteiger partial charge in [-0.25, -0.2) is 0 Å². The van der Waals surface area contributed by atoms with Crippen molar-refractivity contribution in [3.63, 3.8) is 0 Å². The Morgan fingerprint density at radius 1 is 1.00 bits per heavy atom. The van der Waals surface area contributed by atoms with E-state index in [0.717, 1.165) is 84.8 Å². The van der Waals surface area contributed by atoms with Crippen molar-refractivity contribution in [3.8, 4) is 0 Å². The molecular weight excluding hydrogens is 370 g/mol. The normalized spacial score (nSPS) is 23.8. The average molecular weight is 414 g/mol. The van der Waals surface area contributed by atoms with E-state index < -0.39 is 14.3 Å². The molecule has 0 bridgehead atoms. The maximum Gasteiger partial charge on any atom is 0.307 e. The minimum atomic E-state index is -1.63. The molecule has 2 heterocycles. The van der Waals surface area contributed by atoms with Crippen molar-refractivity contribution in [2.75, 3.05) is 65.5 Å². The van der Waals surface area contributed by atoms with Gasteiger partial charge >= 0.3 is 5.97 Å². The summed E-state index contributed by atoms with van der Waals surface area (Å²) in [6, 6.07) is 0. The second-order valence-corrected chi connectivity index (χ2v) is 14.9. The molecule has 164 valence electrons. The number of nitrogens with zero attached hydrogens (tertiary/aromatic N) is 3. The molecule has 2 fully saturated rings. The molecule has 0 aromatic rings. The molecule has 1 atom stereocenters. The summed E-state index contributed by atoms with van der Waals surface area (Å²) in [6.45, 7) is 21.9. The Labute approximate surface area is 173 Å². The molecule has 0 amide bonds. The SMILES string of the molecule is CC(C)(C)[Si](C)(C)OCCN1CCN(CCCN2CCCC(C(=O)O)C2)CC1. The molecule has 1 unspecified atom stereocenters. The molecule has 7 heteroatoms. The molecule has 0 aromatic heterocycles. The predicted molar refractivity (Wildman–Crippen MR) is 117 cm³/mol. The van der Waals surface area contributed by atoms with Gasteiger partial charge in [-0.05, 0) is 57.0 Å². The third-order valence-corrected chi connectivity index (χ3v) is 11.5. The molecule has 1 N–H and O–H groups in total. The van der Waals surface area contributed by atoms with E-state index in [2.05, 4.69) is 48.6 Å². The van der Waals surface area contributed by atoms with E-state index in [4.69, 9.17) is 4.43 Å². The van der Waals surface area contributed by atoms with Gasteiger partial charge < -0.3 is 19.3 Å². The number of piperazine rings is 1. The lowest BCUT2D eigenvalue weighted by atomic mass is 9.98. The number of carboxylic acid groups (broad SMARTS) is 1. The number of likely N-dealkylation sites (tertiary alicyclic amines) is 1. The van der Waals surface area contributed by atoms with Crippen molar-refractivity contribution in [1.29, 1.82) is 0 Å². The van der Waals surface area contributed by atoms with Crippen LogP contribution in [0.25, 0.3) is 0 Å². The van der Waals surface area contributed by atoms with Crippen LogP contribution in [0.2, 0.25) is 18.1 Å². The second kappa shape index (κ2) is 10.5. The molecule has 28 heavy (non-hydrogen) atoms. The average Bonchev–Trinajstić information content (AvgIpc) is 2.62. The lowest BCUT2D eigenvalue weighted by molar-refractivity contribution is -0.143. The Balaban J connectivity index is 1.57. The van der Waals surface area contributed by atoms with Gasteiger partial charge in [-0.2, -0.15) is 0 Å². The first kappa shape index (κ1) is 23.8. The van der Waals surface area contributed by atoms with E-state index in [1.54, 1.807) is 0 Å². The molecule has 0 radical (unpaired) electrons. The van der Waals surface area contributed by atoms with Gasteiger partial charge in [0.1, 0.15) is 0 Å². The van der Waals surface area contributed by atoms with Crippen LogP contribution in [0, 0.1) is 5.92 Å². The van der Waals surface area contributed by atoms with Crippen LogP contribution in [0.1, 0.15) is 40.0 Å². The van der Waals surface area contributed by atoms with Gasteiger partial charge in [-0.15, -0.1) is 0 Å². The van der Waals surface area contributed by atoms with Crippen molar-refractivity contribution in [2.24, 2.45) is 5.92 Å². The molecular formula is C21H43N3O3Si. The van der Waals surface area contributed by atoms with E-state index in [0.29, 0.717) is 0 Å². The Bertz CT molecular complexity index is 488. The summed E-state index contributed by atoms with van der Waals surface area (Å²) in [4.78, 5) is 18.6. The van der Waals surface area contributed by atoms with E-state index in [9.17, 15) is 9.90 Å². The first-order chi connectivity index (χ1) is 13.1. The summed E-state index contributed by atoms with van der Waals surface area (Å²) >= 11 is 0. The maximum atomic E-state index is 11.2. The fourth-order valence-electron chi connectivity index (χ4n) is 3.86. The molecule has 2 saturated heterocycles. The fraction of sp³-hybridized carbons (Fsp3) is 0.952. The number of carbonyl (C=O) groups is 1. The Kier molecular flexibility index (Phi) is 8.95. The van der Waals surface area contributed by atoms with Crippen LogP contribution >= 0.6 is 0 Å². The highest BCUT2D eigenvalue weighted by Gasteiger charge is 2.37. The topological polar surface area (TPSA) is 56.2 Å². The first-order valence-corrected chi connectivity index (χ1v) is 14.0. The van der Waals surface area contributed by atoms with Crippen LogP contribution in [0.5, 0.6) is 0 Å². The summed E-state index contributed by atoms with van der Waals surface area (Å²) in [6.07, 6.45) is 3.00. The second-order valence-electron chi connectivity index (χ2n) is 10.1. The van der Waals surface area contributed by atoms with Crippen molar-refractivity contribution in [3.05, 3.63) is 0 Å². The van der Waals surface area contributed by atoms with Crippen molar-refractivity contribution in [1.82, 2.24) is 14.7 Å². The highest BCUT2D eigenvalue weighted by molar-refractivity contribution is 6.74. The Morgan fingerprint density at radius 2 is 1.57 bits per heavy atom. The van der Waals surface area contributed by atoms with Gasteiger partial charge in [0.25, 0.3) is 0 Å². The minimum absolute atomic E-state index is 0.161. The maximum absolute atomic E-state index is 11.2. The van der Waals surface area contributed by atoms with Gasteiger partial charge in [0, 0.05) is 45.9 Å². The number of piperidine rings is 1. The van der Waals surface area contributed by atoms with E-state index in [1.807, 2.05) is 0 Å². The van der Waals surface area contributed by atoms with E-state index in [-0.39, 0.29) is 11.0 Å². The largest absolute Gasteiger partial charge is 0.481 e. The van der Waals surface area contributed by atoms with Gasteiger partial charge in [0.15, 0.2) is 8.32 Å². The van der Waals surface area contributed by atoms with Gasteiger partial charge in [-0.3, -0.25) is 9.69 Å². The zero-order valence-corrected chi connectivity index (χ0v) is 19.9. The van der Waals surface area contributed by atoms with E-state index >= 15 is 0 Å². The van der Waals surface area contributed by atoms with Gasteiger partial charge in [0.2, 0.25) is 0 Å². The number of rotatable bonds is 9. The molecule has 0 saturated carbocycles. The number of hydrogen-bond acceptors (Lipinski definition) is 5. The highest BCUT2D eigenvalue weighted by Crippen LogP contribution is 2.36. The van der Waals surface area contributed by atoms with Crippen LogP contribution < -0.4 is 0 Å². The van der Waals surface area contributed by atoms with Crippen LogP contribution in [0.3, 0.4) is 0 Å². The van der Waals surface area contributed by atoms with Crippen molar-refractivity contribution < 1.29 is 14.3 Å². The lowest BCUT2D eigenvalue weighted by Gasteiger charge is -2.38. The van der Waals surface area contributed by atoms with Crippen LogP contribution in [0.15, 0.2) is 0 Å². The van der Waals surface area contributed by atoms with Gasteiger partial charge in [-0.1, -0.05) is 20.8 Å². The minimum Gasteiger partial charge on any atom is -0.481 e. The third-order valence-electron chi connectivity index (χ3n) is 6.94. The number of aliphatic carboxylic acids is 1. The standard InChI is InChI=1S/C21H43N3O3Si/c1-21(2,3)28(4,5)27-17-16-23-14-12-22(13-15-23)10-7-11-24-9-6-8-19(18-24)20(25)26/h19H,6-18H2,1-5H3,(H,25,26). The third kappa shape index (κ3) is 7.41. The molecule has 6 nitrogen and oxygen atoms in total. The molecule has 2 aliphatic heterocycles. The summed E-state index contributed by atoms with van der Waals surface area (Å²) in [5.74, 6) is -0.788. The summed E-state index contributed by atoms with van der Waals surface area (Å²) in [5.41, 5.74) is 0. The molecule has 0 spiro atoms. The number of carboxylic acids is 1. The molecule has 2 rings (SSSR count). The zero-order chi connectivity index (χ0) is 20.8. The van der Waals surface area contributed by atoms with E-state index in [1.165, 1.54) is 0 Å². The lowest BCUT2D eigenvalue weighted by Crippen LogP contribution is -2.49. The molecule has 0 aliphatic carbocycles. The quantitative estimate of drug-likeness (QED) is 0.587. The smallest absolute Gasteiger partial charge is 0.307 e. The van der Waals surface area contributed by atoms with Crippen LogP contribution in [-0.4, -0.2) is 99.6 Å². The van der Waals surface area contributed by atoms with Crippen LogP contribution in [0.4, 0.5) is 0 Å². The summed E-state index contributed by atoms with van der Waals surface area (Å²) < 4.78 is 6.32. The predicted octanol–water partition coefficient (Wildman–Crippen LogP) is 2.81. The fourth-order valence-corrected chi connectivity index (χ4v) is 4.90. The molecule has 0 aromatic carbocycles. The monoisotopic (exact) mass is 413 g/mol. The zero-order valence-electron chi connectivity index (χ0n) is 18.9. The summed E-state index contributed by atoms with van der Waals surface area (Å²) in [7, 11) is -1.63. The van der Waals surface area contributed by atoms with Crippen LogP contribution in [-0.2, 0) is 9.22 Å². The summed E-state index contributed by atoms with van der Waals surface area (Å²) in [5, 5.41) is 9.49. The van der Waals surface area contributed by atoms with Crippen molar-refractivity contribution >= 4 is 14.3 Å². The highest BCUT2D eigenvalue weighted by atomic mass is 28.4. The Morgan fingerprint density at radius 3 is 2.14 bits per heavy atom. The number of hydrogen-bond donors (Lipinski definition) is 1. The van der Waals surface area contributed by atoms with Gasteiger partial charge in [0.05, 0.1) is 5.92 Å². The first-order valence-electron chi connectivity index (χ1n) is 11.1.